The third-order valence-electron chi connectivity index (χ3n) is 5.04. The number of aromatic hydroxyl groups is 2. The average molecular weight is 379 g/mol. The van der Waals surface area contributed by atoms with Gasteiger partial charge in [0.25, 0.3) is 0 Å². The molecule has 0 aliphatic carbocycles. The van der Waals surface area contributed by atoms with Crippen molar-refractivity contribution >= 4 is 16.5 Å². The number of fused-ring (bicyclic) bond motifs is 1. The fraction of sp³-hybridized carbons (Fsp3) is 0.333. The lowest BCUT2D eigenvalue weighted by molar-refractivity contribution is 0.408. The summed E-state index contributed by atoms with van der Waals surface area (Å²) < 4.78 is 0. The zero-order chi connectivity index (χ0) is 19.6. The molecule has 0 amide bonds. The number of rotatable bonds is 11. The van der Waals surface area contributed by atoms with Gasteiger partial charge in [-0.25, -0.2) is 0 Å². The summed E-state index contributed by atoms with van der Waals surface area (Å²) in [6, 6.07) is 19.7. The predicted molar refractivity (Wildman–Crippen MR) is 117 cm³/mol. The molecule has 3 aromatic rings. The molecule has 3 aromatic carbocycles. The Balaban J connectivity index is 1.28. The molecule has 4 nitrogen and oxygen atoms in total. The Morgan fingerprint density at radius 1 is 0.643 bits per heavy atom. The highest BCUT2D eigenvalue weighted by Crippen LogP contribution is 2.36. The minimum absolute atomic E-state index is 0.0547. The van der Waals surface area contributed by atoms with E-state index in [1.165, 1.54) is 30.9 Å². The maximum atomic E-state index is 9.99. The maximum absolute atomic E-state index is 9.99. The monoisotopic (exact) mass is 378 g/mol. The van der Waals surface area contributed by atoms with Crippen LogP contribution in [0.3, 0.4) is 0 Å². The Hall–Kier alpha value is -2.72. The molecule has 0 atom stereocenters. The number of hydrogen-bond donors (Lipinski definition) is 4. The van der Waals surface area contributed by atoms with E-state index in [2.05, 4.69) is 41.0 Å². The smallest absolute Gasteiger partial charge is 0.165 e. The van der Waals surface area contributed by atoms with Crippen LogP contribution in [0.4, 0.5) is 5.69 Å². The van der Waals surface area contributed by atoms with Gasteiger partial charge in [0.15, 0.2) is 11.5 Å². The molecular formula is C24H30N2O2. The van der Waals surface area contributed by atoms with Crippen molar-refractivity contribution in [2.45, 2.75) is 32.1 Å². The van der Waals surface area contributed by atoms with Crippen molar-refractivity contribution in [1.29, 1.82) is 0 Å². The number of unbranched alkanes of at least 4 members (excludes halogenated alkanes) is 3. The summed E-state index contributed by atoms with van der Waals surface area (Å²) in [6.45, 7) is 3.02. The number of benzene rings is 3. The Bertz CT molecular complexity index is 865. The van der Waals surface area contributed by atoms with Crippen LogP contribution in [0.1, 0.15) is 31.2 Å². The van der Waals surface area contributed by atoms with E-state index in [1.807, 2.05) is 24.3 Å². The topological polar surface area (TPSA) is 64.5 Å². The van der Waals surface area contributed by atoms with Crippen LogP contribution < -0.4 is 10.6 Å². The van der Waals surface area contributed by atoms with Crippen molar-refractivity contribution in [2.75, 3.05) is 25.0 Å². The molecule has 0 aliphatic heterocycles. The van der Waals surface area contributed by atoms with Crippen molar-refractivity contribution in [2.24, 2.45) is 0 Å². The van der Waals surface area contributed by atoms with Crippen LogP contribution in [0, 0.1) is 0 Å². The summed E-state index contributed by atoms with van der Waals surface area (Å²) in [5.41, 5.74) is 2.38. The van der Waals surface area contributed by atoms with Crippen molar-refractivity contribution in [1.82, 2.24) is 5.32 Å². The highest BCUT2D eigenvalue weighted by molar-refractivity contribution is 5.98. The molecule has 0 aliphatic rings. The summed E-state index contributed by atoms with van der Waals surface area (Å²) in [5, 5.41) is 28.2. The SMILES string of the molecule is Oc1ccc2c(NCCCCCCNCCc3ccccc3)cccc2c1O. The molecule has 0 saturated heterocycles. The van der Waals surface area contributed by atoms with E-state index < -0.39 is 0 Å². The van der Waals surface area contributed by atoms with Gasteiger partial charge in [-0.2, -0.15) is 0 Å². The molecule has 0 aromatic heterocycles. The lowest BCUT2D eigenvalue weighted by atomic mass is 10.1. The number of hydrogen-bond acceptors (Lipinski definition) is 4. The Kier molecular flexibility index (Phi) is 7.56. The lowest BCUT2D eigenvalue weighted by Gasteiger charge is -2.11. The molecule has 3 rings (SSSR count). The van der Waals surface area contributed by atoms with Crippen LogP contribution in [-0.4, -0.2) is 29.8 Å². The van der Waals surface area contributed by atoms with E-state index in [4.69, 9.17) is 0 Å². The third kappa shape index (κ3) is 5.64. The summed E-state index contributed by atoms with van der Waals surface area (Å²) in [4.78, 5) is 0. The van der Waals surface area contributed by atoms with Gasteiger partial charge in [-0.1, -0.05) is 55.3 Å². The highest BCUT2D eigenvalue weighted by Gasteiger charge is 2.07. The van der Waals surface area contributed by atoms with E-state index in [-0.39, 0.29) is 11.5 Å². The average Bonchev–Trinajstić information content (AvgIpc) is 2.73. The fourth-order valence-corrected chi connectivity index (χ4v) is 3.44. The van der Waals surface area contributed by atoms with Crippen LogP contribution in [0.5, 0.6) is 11.5 Å². The summed E-state index contributed by atoms with van der Waals surface area (Å²) in [5.74, 6) is -0.136. The van der Waals surface area contributed by atoms with Gasteiger partial charge in [0.2, 0.25) is 0 Å². The molecule has 0 bridgehead atoms. The normalized spacial score (nSPS) is 11.0. The molecule has 0 fully saturated rings. The van der Waals surface area contributed by atoms with Gasteiger partial charge in [-0.3, -0.25) is 0 Å². The first-order valence-electron chi connectivity index (χ1n) is 10.2. The van der Waals surface area contributed by atoms with Crippen LogP contribution in [-0.2, 0) is 6.42 Å². The number of nitrogens with one attached hydrogen (secondary N) is 2. The summed E-state index contributed by atoms with van der Waals surface area (Å²) >= 11 is 0. The van der Waals surface area contributed by atoms with Crippen LogP contribution in [0.2, 0.25) is 0 Å². The Labute approximate surface area is 167 Å². The van der Waals surface area contributed by atoms with E-state index >= 15 is 0 Å². The standard InChI is InChI=1S/C24H30N2O2/c27-23-14-13-20-21(24(23)28)11-8-12-22(20)26-17-7-2-1-6-16-25-18-15-19-9-4-3-5-10-19/h3-5,8-14,25-28H,1-2,6-7,15-18H2. The largest absolute Gasteiger partial charge is 0.504 e. The Morgan fingerprint density at radius 3 is 2.25 bits per heavy atom. The second kappa shape index (κ2) is 10.6. The fourth-order valence-electron chi connectivity index (χ4n) is 3.44. The highest BCUT2D eigenvalue weighted by atomic mass is 16.3. The zero-order valence-corrected chi connectivity index (χ0v) is 16.3. The first-order chi connectivity index (χ1) is 13.8. The molecule has 28 heavy (non-hydrogen) atoms. The van der Waals surface area contributed by atoms with Gasteiger partial charge in [0.05, 0.1) is 0 Å². The van der Waals surface area contributed by atoms with E-state index in [1.54, 1.807) is 0 Å². The molecule has 4 N–H and O–H groups in total. The first-order valence-corrected chi connectivity index (χ1v) is 10.2. The quantitative estimate of drug-likeness (QED) is 0.278. The predicted octanol–water partition coefficient (Wildman–Crippen LogP) is 5.06. The van der Waals surface area contributed by atoms with Crippen LogP contribution in [0.25, 0.3) is 10.8 Å². The number of phenols is 2. The molecule has 0 radical (unpaired) electrons. The van der Waals surface area contributed by atoms with Crippen LogP contribution >= 0.6 is 0 Å². The van der Waals surface area contributed by atoms with Crippen molar-refractivity contribution in [3.8, 4) is 11.5 Å². The van der Waals surface area contributed by atoms with Crippen molar-refractivity contribution < 1.29 is 10.2 Å². The minimum atomic E-state index is -0.0815. The summed E-state index contributed by atoms with van der Waals surface area (Å²) in [6.07, 6.45) is 5.83. The van der Waals surface area contributed by atoms with Gasteiger partial charge in [-0.05, 0) is 56.1 Å². The van der Waals surface area contributed by atoms with Crippen LogP contribution in [0.15, 0.2) is 60.7 Å². The van der Waals surface area contributed by atoms with Gasteiger partial charge < -0.3 is 20.8 Å². The molecule has 4 heteroatoms. The first kappa shape index (κ1) is 20.0. The van der Waals surface area contributed by atoms with Gasteiger partial charge >= 0.3 is 0 Å². The van der Waals surface area contributed by atoms with Crippen molar-refractivity contribution in [3.63, 3.8) is 0 Å². The lowest BCUT2D eigenvalue weighted by Crippen LogP contribution is -2.18. The minimum Gasteiger partial charge on any atom is -0.504 e. The molecule has 148 valence electrons. The van der Waals surface area contributed by atoms with Gasteiger partial charge in [0.1, 0.15) is 0 Å². The Morgan fingerprint density at radius 2 is 1.43 bits per heavy atom. The van der Waals surface area contributed by atoms with Gasteiger partial charge in [-0.15, -0.1) is 0 Å². The van der Waals surface area contributed by atoms with E-state index in [0.29, 0.717) is 5.39 Å². The van der Waals surface area contributed by atoms with E-state index in [9.17, 15) is 10.2 Å². The molecular weight excluding hydrogens is 348 g/mol. The number of anilines is 1. The van der Waals surface area contributed by atoms with Crippen molar-refractivity contribution in [3.05, 3.63) is 66.2 Å². The molecule has 0 saturated carbocycles. The third-order valence-corrected chi connectivity index (χ3v) is 5.04. The van der Waals surface area contributed by atoms with Gasteiger partial charge in [0, 0.05) is 23.0 Å². The second-order valence-corrected chi connectivity index (χ2v) is 7.16. The van der Waals surface area contributed by atoms with E-state index in [0.717, 1.165) is 43.5 Å². The summed E-state index contributed by atoms with van der Waals surface area (Å²) in [7, 11) is 0. The zero-order valence-electron chi connectivity index (χ0n) is 16.3. The molecule has 0 unspecified atom stereocenters. The number of phenolic OH excluding ortho intramolecular Hbond substituents is 2. The maximum Gasteiger partial charge on any atom is 0.165 e. The molecule has 0 heterocycles. The second-order valence-electron chi connectivity index (χ2n) is 7.16. The molecule has 0 spiro atoms.